The van der Waals surface area contributed by atoms with Gasteiger partial charge in [0.1, 0.15) is 17.3 Å². The van der Waals surface area contributed by atoms with E-state index in [0.29, 0.717) is 5.75 Å². The molecule has 1 aromatic rings. The number of benzene rings is 1. The summed E-state index contributed by atoms with van der Waals surface area (Å²) in [7, 11) is 0. The smallest absolute Gasteiger partial charge is 0.150 e. The van der Waals surface area contributed by atoms with Crippen molar-refractivity contribution in [3.63, 3.8) is 0 Å². The van der Waals surface area contributed by atoms with E-state index in [-0.39, 0.29) is 31.0 Å². The van der Waals surface area contributed by atoms with Crippen LogP contribution in [0.2, 0.25) is 0 Å². The second kappa shape index (κ2) is 5.76. The molecule has 15 heavy (non-hydrogen) atoms. The van der Waals surface area contributed by atoms with Crippen LogP contribution < -0.4 is 4.74 Å². The second-order valence-electron chi connectivity index (χ2n) is 2.93. The average molecular weight is 207 g/mol. The van der Waals surface area contributed by atoms with Crippen LogP contribution >= 0.6 is 0 Å². The summed E-state index contributed by atoms with van der Waals surface area (Å²) in [4.78, 5) is 10.9. The Kier molecular flexibility index (Phi) is 4.30. The fourth-order valence-electron chi connectivity index (χ4n) is 1.02. The molecule has 1 aromatic carbocycles. The van der Waals surface area contributed by atoms with Crippen molar-refractivity contribution in [2.24, 2.45) is 0 Å². The van der Waals surface area contributed by atoms with Gasteiger partial charge in [-0.05, 0) is 12.1 Å². The zero-order valence-corrected chi connectivity index (χ0v) is 8.07. The fraction of sp³-hybridized carbons (Fsp3) is 0.273. The molecule has 0 unspecified atom stereocenters. The molecular formula is C11H10FNO2. The van der Waals surface area contributed by atoms with E-state index in [1.54, 1.807) is 12.1 Å². The van der Waals surface area contributed by atoms with Gasteiger partial charge in [-0.1, -0.05) is 6.07 Å². The molecule has 1 rings (SSSR count). The number of nitrogens with zero attached hydrogens (tertiary/aromatic N) is 1. The average Bonchev–Trinajstić information content (AvgIpc) is 2.18. The highest BCUT2D eigenvalue weighted by atomic mass is 19.1. The van der Waals surface area contributed by atoms with E-state index in [1.165, 1.54) is 18.2 Å². The number of hydrogen-bond donors (Lipinski definition) is 0. The molecule has 0 radical (unpaired) electrons. The van der Waals surface area contributed by atoms with Crippen molar-refractivity contribution in [3.8, 4) is 11.8 Å². The molecule has 0 saturated carbocycles. The first-order valence-corrected chi connectivity index (χ1v) is 4.49. The Morgan fingerprint density at radius 1 is 1.53 bits per heavy atom. The summed E-state index contributed by atoms with van der Waals surface area (Å²) in [5.74, 6) is -0.162. The van der Waals surface area contributed by atoms with E-state index in [1.807, 2.05) is 0 Å². The minimum Gasteiger partial charge on any atom is -0.493 e. The van der Waals surface area contributed by atoms with Gasteiger partial charge in [0.05, 0.1) is 19.1 Å². The minimum absolute atomic E-state index is 0.105. The zero-order chi connectivity index (χ0) is 11.1. The van der Waals surface area contributed by atoms with Crippen LogP contribution in [-0.4, -0.2) is 12.4 Å². The lowest BCUT2D eigenvalue weighted by Crippen LogP contribution is -2.05. The Hall–Kier alpha value is -1.89. The first-order valence-electron chi connectivity index (χ1n) is 4.49. The normalized spacial score (nSPS) is 9.33. The number of hydrogen-bond acceptors (Lipinski definition) is 3. The summed E-state index contributed by atoms with van der Waals surface area (Å²) in [6, 6.07) is 7.46. The Labute approximate surface area is 87.1 Å². The molecule has 0 aliphatic heterocycles. The van der Waals surface area contributed by atoms with Crippen LogP contribution in [0, 0.1) is 17.1 Å². The monoisotopic (exact) mass is 207 g/mol. The van der Waals surface area contributed by atoms with Crippen molar-refractivity contribution >= 4 is 5.78 Å². The maximum absolute atomic E-state index is 12.7. The van der Waals surface area contributed by atoms with Gasteiger partial charge in [-0.25, -0.2) is 4.39 Å². The van der Waals surface area contributed by atoms with Crippen LogP contribution in [-0.2, 0) is 4.79 Å². The molecule has 0 fully saturated rings. The molecule has 78 valence electrons. The molecule has 0 N–H and O–H groups in total. The quantitative estimate of drug-likeness (QED) is 0.742. The Morgan fingerprint density at radius 3 is 3.00 bits per heavy atom. The van der Waals surface area contributed by atoms with Crippen molar-refractivity contribution in [1.82, 2.24) is 0 Å². The SMILES string of the molecule is N#CCC(=O)CCOc1cccc(F)c1. The highest BCUT2D eigenvalue weighted by Gasteiger charge is 2.01. The van der Waals surface area contributed by atoms with E-state index in [9.17, 15) is 9.18 Å². The van der Waals surface area contributed by atoms with Crippen molar-refractivity contribution in [2.45, 2.75) is 12.8 Å². The van der Waals surface area contributed by atoms with Gasteiger partial charge in [0, 0.05) is 12.5 Å². The number of carbonyl (C=O) groups excluding carboxylic acids is 1. The number of nitriles is 1. The third-order valence-corrected chi connectivity index (χ3v) is 1.72. The lowest BCUT2D eigenvalue weighted by Gasteiger charge is -2.04. The lowest BCUT2D eigenvalue weighted by atomic mass is 10.2. The predicted molar refractivity (Wildman–Crippen MR) is 51.7 cm³/mol. The van der Waals surface area contributed by atoms with Gasteiger partial charge in [0.15, 0.2) is 0 Å². The molecule has 0 atom stereocenters. The van der Waals surface area contributed by atoms with E-state index < -0.39 is 0 Å². The number of carbonyl (C=O) groups is 1. The number of ketones is 1. The second-order valence-corrected chi connectivity index (χ2v) is 2.93. The molecule has 0 aliphatic rings. The molecule has 3 nitrogen and oxygen atoms in total. The minimum atomic E-state index is -0.379. The molecule has 0 bridgehead atoms. The highest BCUT2D eigenvalue weighted by Crippen LogP contribution is 2.12. The third-order valence-electron chi connectivity index (χ3n) is 1.72. The van der Waals surface area contributed by atoms with Gasteiger partial charge in [0.25, 0.3) is 0 Å². The van der Waals surface area contributed by atoms with Crippen molar-refractivity contribution < 1.29 is 13.9 Å². The van der Waals surface area contributed by atoms with Crippen LogP contribution in [0.5, 0.6) is 5.75 Å². The summed E-state index contributed by atoms with van der Waals surface area (Å²) in [5, 5.41) is 8.23. The van der Waals surface area contributed by atoms with Crippen LogP contribution in [0.4, 0.5) is 4.39 Å². The molecule has 0 saturated heterocycles. The van der Waals surface area contributed by atoms with E-state index in [2.05, 4.69) is 0 Å². The fourth-order valence-corrected chi connectivity index (χ4v) is 1.02. The summed E-state index contributed by atoms with van der Waals surface area (Å²) in [5.41, 5.74) is 0. The van der Waals surface area contributed by atoms with Crippen LogP contribution in [0.25, 0.3) is 0 Å². The van der Waals surface area contributed by atoms with Crippen molar-refractivity contribution in [2.75, 3.05) is 6.61 Å². The van der Waals surface area contributed by atoms with Gasteiger partial charge in [0.2, 0.25) is 0 Å². The number of ether oxygens (including phenoxy) is 1. The number of rotatable bonds is 5. The molecule has 0 spiro atoms. The predicted octanol–water partition coefficient (Wildman–Crippen LogP) is 2.08. The van der Waals surface area contributed by atoms with Crippen molar-refractivity contribution in [1.29, 1.82) is 5.26 Å². The van der Waals surface area contributed by atoms with Gasteiger partial charge in [-0.3, -0.25) is 4.79 Å². The van der Waals surface area contributed by atoms with Crippen LogP contribution in [0.15, 0.2) is 24.3 Å². The Balaban J connectivity index is 2.32. The maximum atomic E-state index is 12.7. The molecule has 0 amide bonds. The van der Waals surface area contributed by atoms with Crippen LogP contribution in [0.3, 0.4) is 0 Å². The Morgan fingerprint density at radius 2 is 2.33 bits per heavy atom. The third kappa shape index (κ3) is 4.23. The standard InChI is InChI=1S/C11H10FNO2/c12-9-2-1-3-11(8-9)15-7-5-10(14)4-6-13/h1-3,8H,4-5,7H2. The first-order chi connectivity index (χ1) is 7.22. The maximum Gasteiger partial charge on any atom is 0.150 e. The van der Waals surface area contributed by atoms with Crippen LogP contribution in [0.1, 0.15) is 12.8 Å². The van der Waals surface area contributed by atoms with E-state index in [4.69, 9.17) is 10.00 Å². The molecule has 4 heteroatoms. The summed E-state index contributed by atoms with van der Waals surface area (Å²) >= 11 is 0. The van der Waals surface area contributed by atoms with E-state index >= 15 is 0 Å². The molecule has 0 aromatic heterocycles. The molecule has 0 heterocycles. The molecule has 0 aliphatic carbocycles. The van der Waals surface area contributed by atoms with Crippen molar-refractivity contribution in [3.05, 3.63) is 30.1 Å². The van der Waals surface area contributed by atoms with Gasteiger partial charge >= 0.3 is 0 Å². The van der Waals surface area contributed by atoms with Gasteiger partial charge < -0.3 is 4.74 Å². The lowest BCUT2D eigenvalue weighted by molar-refractivity contribution is -0.118. The molecular weight excluding hydrogens is 197 g/mol. The van der Waals surface area contributed by atoms with E-state index in [0.717, 1.165) is 0 Å². The zero-order valence-electron chi connectivity index (χ0n) is 8.07. The highest BCUT2D eigenvalue weighted by molar-refractivity contribution is 5.80. The summed E-state index contributed by atoms with van der Waals surface area (Å²) in [6.45, 7) is 0.171. The number of halogens is 1. The number of Topliss-reactive ketones (excluding diaryl/α,β-unsaturated/α-hetero) is 1. The van der Waals surface area contributed by atoms with Gasteiger partial charge in [-0.15, -0.1) is 0 Å². The van der Waals surface area contributed by atoms with Gasteiger partial charge in [-0.2, -0.15) is 5.26 Å². The Bertz CT molecular complexity index is 384. The largest absolute Gasteiger partial charge is 0.493 e. The first kappa shape index (κ1) is 11.2. The summed E-state index contributed by atoms with van der Waals surface area (Å²) < 4.78 is 17.8. The summed E-state index contributed by atoms with van der Waals surface area (Å²) in [6.07, 6.45) is 0.0661. The topological polar surface area (TPSA) is 50.1 Å².